The first-order valence-corrected chi connectivity index (χ1v) is 13.1. The number of carbonyl (C=O) groups excluding carboxylic acids is 3. The first-order chi connectivity index (χ1) is 17.0. The molecule has 0 saturated carbocycles. The van der Waals surface area contributed by atoms with E-state index >= 15 is 0 Å². The smallest absolute Gasteiger partial charge is 0.338 e. The van der Waals surface area contributed by atoms with Crippen LogP contribution < -0.4 is 4.90 Å². The molecule has 0 aromatic heterocycles. The second-order valence-electron chi connectivity index (χ2n) is 9.95. The standard InChI is InChI=1S/C27H39N3O5/c1-3-35-27(33)20-9-11-23(12-10-20)30-19-22(17-25(30)31)26(32)29(15-16-34-2)18-21-7-6-14-28-13-5-4-8-24(21)28/h9-12,21-22,24H,3-8,13-19H2,1-2H3/t21-,22?,24+/m0/s1. The van der Waals surface area contributed by atoms with Crippen LogP contribution in [0.5, 0.6) is 0 Å². The van der Waals surface area contributed by atoms with Crippen molar-refractivity contribution >= 4 is 23.5 Å². The van der Waals surface area contributed by atoms with E-state index in [0.717, 1.165) is 13.0 Å². The van der Waals surface area contributed by atoms with Crippen molar-refractivity contribution in [3.05, 3.63) is 29.8 Å². The Hall–Kier alpha value is -2.45. The minimum atomic E-state index is -0.382. The lowest BCUT2D eigenvalue weighted by Crippen LogP contribution is -2.52. The third-order valence-corrected chi connectivity index (χ3v) is 7.72. The van der Waals surface area contributed by atoms with Crippen molar-refractivity contribution in [3.8, 4) is 0 Å². The zero-order valence-electron chi connectivity index (χ0n) is 21.1. The average Bonchev–Trinajstić information content (AvgIpc) is 3.28. The molecule has 3 atom stereocenters. The minimum Gasteiger partial charge on any atom is -0.462 e. The summed E-state index contributed by atoms with van der Waals surface area (Å²) in [7, 11) is 1.66. The summed E-state index contributed by atoms with van der Waals surface area (Å²) >= 11 is 0. The molecule has 0 bridgehead atoms. The van der Waals surface area contributed by atoms with Gasteiger partial charge >= 0.3 is 5.97 Å². The van der Waals surface area contributed by atoms with Crippen LogP contribution in [-0.2, 0) is 19.1 Å². The quantitative estimate of drug-likeness (QED) is 0.501. The van der Waals surface area contributed by atoms with E-state index in [4.69, 9.17) is 9.47 Å². The summed E-state index contributed by atoms with van der Waals surface area (Å²) in [5, 5.41) is 0. The molecule has 1 aromatic rings. The van der Waals surface area contributed by atoms with E-state index in [1.807, 2.05) is 4.90 Å². The van der Waals surface area contributed by atoms with Crippen LogP contribution in [0.25, 0.3) is 0 Å². The van der Waals surface area contributed by atoms with E-state index in [-0.39, 0.29) is 30.1 Å². The Morgan fingerprint density at radius 3 is 2.60 bits per heavy atom. The maximum absolute atomic E-state index is 13.6. The average molecular weight is 486 g/mol. The van der Waals surface area contributed by atoms with Gasteiger partial charge in [0.1, 0.15) is 0 Å². The minimum absolute atomic E-state index is 0.0500. The van der Waals surface area contributed by atoms with E-state index in [1.54, 1.807) is 43.2 Å². The Labute approximate surface area is 208 Å². The van der Waals surface area contributed by atoms with Gasteiger partial charge < -0.3 is 24.2 Å². The van der Waals surface area contributed by atoms with Crippen LogP contribution in [0.3, 0.4) is 0 Å². The number of carbonyl (C=O) groups is 3. The topological polar surface area (TPSA) is 79.4 Å². The van der Waals surface area contributed by atoms with Gasteiger partial charge in [0.15, 0.2) is 0 Å². The summed E-state index contributed by atoms with van der Waals surface area (Å²) in [6.07, 6.45) is 6.31. The number of piperidine rings is 2. The van der Waals surface area contributed by atoms with Crippen LogP contribution >= 0.6 is 0 Å². The third-order valence-electron chi connectivity index (χ3n) is 7.72. The molecule has 2 amide bonds. The first-order valence-electron chi connectivity index (χ1n) is 13.1. The number of nitrogens with zero attached hydrogens (tertiary/aromatic N) is 3. The van der Waals surface area contributed by atoms with Gasteiger partial charge in [-0.3, -0.25) is 9.59 Å². The van der Waals surface area contributed by atoms with Crippen LogP contribution in [0, 0.1) is 11.8 Å². The molecule has 35 heavy (non-hydrogen) atoms. The SMILES string of the molecule is CCOC(=O)c1ccc(N2CC(C(=O)N(CCOC)C[C@@H]3CCCN4CCCC[C@H]34)CC2=O)cc1. The van der Waals surface area contributed by atoms with Gasteiger partial charge in [0.2, 0.25) is 11.8 Å². The Morgan fingerprint density at radius 1 is 1.09 bits per heavy atom. The molecule has 1 unspecified atom stereocenters. The van der Waals surface area contributed by atoms with Crippen molar-refractivity contribution in [1.82, 2.24) is 9.80 Å². The molecule has 3 heterocycles. The number of fused-ring (bicyclic) bond motifs is 1. The fourth-order valence-corrected chi connectivity index (χ4v) is 5.94. The Balaban J connectivity index is 1.42. The molecule has 3 aliphatic rings. The van der Waals surface area contributed by atoms with E-state index < -0.39 is 0 Å². The zero-order chi connectivity index (χ0) is 24.8. The Kier molecular flexibility index (Phi) is 8.78. The molecule has 3 aliphatic heterocycles. The van der Waals surface area contributed by atoms with Crippen LogP contribution in [0.15, 0.2) is 24.3 Å². The van der Waals surface area contributed by atoms with Gasteiger partial charge in [0.05, 0.1) is 24.7 Å². The highest BCUT2D eigenvalue weighted by molar-refractivity contribution is 6.00. The number of benzene rings is 1. The maximum atomic E-state index is 13.6. The number of methoxy groups -OCH3 is 1. The predicted molar refractivity (Wildman–Crippen MR) is 133 cm³/mol. The van der Waals surface area contributed by atoms with E-state index in [0.29, 0.717) is 49.5 Å². The summed E-state index contributed by atoms with van der Waals surface area (Å²) < 4.78 is 10.4. The van der Waals surface area contributed by atoms with E-state index in [1.165, 1.54) is 38.8 Å². The monoisotopic (exact) mass is 485 g/mol. The molecule has 8 heteroatoms. The van der Waals surface area contributed by atoms with Gasteiger partial charge in [0.25, 0.3) is 0 Å². The van der Waals surface area contributed by atoms with E-state index in [2.05, 4.69) is 4.90 Å². The highest BCUT2D eigenvalue weighted by atomic mass is 16.5. The number of amides is 2. The molecule has 0 spiro atoms. The Bertz CT molecular complexity index is 887. The molecule has 8 nitrogen and oxygen atoms in total. The van der Waals surface area contributed by atoms with Crippen molar-refractivity contribution in [3.63, 3.8) is 0 Å². The highest BCUT2D eigenvalue weighted by Crippen LogP contribution is 2.32. The molecule has 0 N–H and O–H groups in total. The second-order valence-corrected chi connectivity index (χ2v) is 9.95. The summed E-state index contributed by atoms with van der Waals surface area (Å²) in [6.45, 7) is 6.57. The van der Waals surface area contributed by atoms with Crippen LogP contribution in [0.2, 0.25) is 0 Å². The number of ether oxygens (including phenoxy) is 2. The van der Waals surface area contributed by atoms with Crippen molar-refractivity contribution in [2.45, 2.75) is 51.5 Å². The molecule has 4 rings (SSSR count). The predicted octanol–water partition coefficient (Wildman–Crippen LogP) is 2.96. The molecule has 1 aromatic carbocycles. The largest absolute Gasteiger partial charge is 0.462 e. The molecular weight excluding hydrogens is 446 g/mol. The lowest BCUT2D eigenvalue weighted by atomic mass is 9.83. The number of esters is 1. The third kappa shape index (κ3) is 6.04. The second kappa shape index (κ2) is 12.0. The number of hydrogen-bond donors (Lipinski definition) is 0. The van der Waals surface area contributed by atoms with E-state index in [9.17, 15) is 14.4 Å². The van der Waals surface area contributed by atoms with Crippen molar-refractivity contribution < 1.29 is 23.9 Å². The first kappa shape index (κ1) is 25.6. The molecular formula is C27H39N3O5. The van der Waals surface area contributed by atoms with Crippen molar-refractivity contribution in [1.29, 1.82) is 0 Å². The summed E-state index contributed by atoms with van der Waals surface area (Å²) in [5.74, 6) is -0.277. The van der Waals surface area contributed by atoms with Crippen LogP contribution in [-0.4, -0.2) is 86.7 Å². The van der Waals surface area contributed by atoms with Gasteiger partial charge in [-0.2, -0.15) is 0 Å². The summed E-state index contributed by atoms with van der Waals surface area (Å²) in [4.78, 5) is 44.7. The summed E-state index contributed by atoms with van der Waals surface area (Å²) in [6, 6.07) is 7.40. The van der Waals surface area contributed by atoms with Crippen molar-refractivity contribution in [2.24, 2.45) is 11.8 Å². The van der Waals surface area contributed by atoms with Gasteiger partial charge in [-0.15, -0.1) is 0 Å². The van der Waals surface area contributed by atoms with Crippen molar-refractivity contribution in [2.75, 3.05) is 57.9 Å². The van der Waals surface area contributed by atoms with Gasteiger partial charge in [-0.05, 0) is 75.9 Å². The Morgan fingerprint density at radius 2 is 1.86 bits per heavy atom. The van der Waals surface area contributed by atoms with Gasteiger partial charge in [-0.25, -0.2) is 4.79 Å². The molecule has 0 radical (unpaired) electrons. The molecule has 0 aliphatic carbocycles. The zero-order valence-corrected chi connectivity index (χ0v) is 21.1. The number of anilines is 1. The molecule has 3 saturated heterocycles. The molecule has 3 fully saturated rings. The summed E-state index contributed by atoms with van der Waals surface area (Å²) in [5.41, 5.74) is 1.15. The van der Waals surface area contributed by atoms with Gasteiger partial charge in [0, 0.05) is 44.9 Å². The lowest BCUT2D eigenvalue weighted by molar-refractivity contribution is -0.137. The number of rotatable bonds is 9. The van der Waals surface area contributed by atoms with Crippen LogP contribution in [0.1, 0.15) is 55.8 Å². The van der Waals surface area contributed by atoms with Crippen LogP contribution in [0.4, 0.5) is 5.69 Å². The number of hydrogen-bond acceptors (Lipinski definition) is 6. The fraction of sp³-hybridized carbons (Fsp3) is 0.667. The normalized spacial score (nSPS) is 24.8. The fourth-order valence-electron chi connectivity index (χ4n) is 5.94. The highest BCUT2D eigenvalue weighted by Gasteiger charge is 2.39. The lowest BCUT2D eigenvalue weighted by Gasteiger charge is -2.46. The van der Waals surface area contributed by atoms with Gasteiger partial charge in [-0.1, -0.05) is 6.42 Å². The molecule has 192 valence electrons. The maximum Gasteiger partial charge on any atom is 0.338 e.